The summed E-state index contributed by atoms with van der Waals surface area (Å²) in [6.07, 6.45) is 1.28. The van der Waals surface area contributed by atoms with Crippen LogP contribution in [0.15, 0.2) is 24.3 Å². The van der Waals surface area contributed by atoms with Gasteiger partial charge in [0.05, 0.1) is 0 Å². The third-order valence-corrected chi connectivity index (χ3v) is 4.53. The van der Waals surface area contributed by atoms with Gasteiger partial charge in [0.1, 0.15) is 0 Å². The fourth-order valence-corrected chi connectivity index (χ4v) is 2.91. The van der Waals surface area contributed by atoms with Crippen molar-refractivity contribution < 1.29 is 0 Å². The molecular weight excluding hydrogens is 190 g/mol. The summed E-state index contributed by atoms with van der Waals surface area (Å²) >= 11 is 2.05. The van der Waals surface area contributed by atoms with Crippen LogP contribution in [-0.4, -0.2) is 24.1 Å². The molecule has 1 unspecified atom stereocenters. The molecule has 0 aromatic heterocycles. The quantitative estimate of drug-likeness (QED) is 0.810. The van der Waals surface area contributed by atoms with Gasteiger partial charge in [-0.15, -0.1) is 0 Å². The normalized spacial score (nSPS) is 25.0. The average Bonchev–Trinajstić information content (AvgIpc) is 2.10. The lowest BCUT2D eigenvalue weighted by molar-refractivity contribution is 0.495. The number of rotatable bonds is 3. The van der Waals surface area contributed by atoms with Gasteiger partial charge in [-0.1, -0.05) is 24.3 Å². The number of hydrogen-bond donors (Lipinski definition) is 1. The van der Waals surface area contributed by atoms with Crippen molar-refractivity contribution in [2.75, 3.05) is 18.1 Å². The number of fused-ring (bicyclic) bond motifs is 1. The molecule has 0 spiro atoms. The summed E-state index contributed by atoms with van der Waals surface area (Å²) in [5.74, 6) is 3.42. The molecule has 14 heavy (non-hydrogen) atoms. The first-order chi connectivity index (χ1) is 6.93. The van der Waals surface area contributed by atoms with Crippen LogP contribution in [0.3, 0.4) is 0 Å². The van der Waals surface area contributed by atoms with Crippen LogP contribution in [0.4, 0.5) is 0 Å². The highest BCUT2D eigenvalue weighted by Crippen LogP contribution is 2.34. The summed E-state index contributed by atoms with van der Waals surface area (Å²) in [7, 11) is 0. The Morgan fingerprint density at radius 1 is 1.29 bits per heavy atom. The van der Waals surface area contributed by atoms with Crippen LogP contribution < -0.4 is 5.32 Å². The van der Waals surface area contributed by atoms with Gasteiger partial charge in [-0.2, -0.15) is 11.8 Å². The fourth-order valence-electron chi connectivity index (χ4n) is 2.21. The van der Waals surface area contributed by atoms with Gasteiger partial charge < -0.3 is 5.32 Å². The molecule has 0 amide bonds. The Morgan fingerprint density at radius 2 is 2.14 bits per heavy atom. The van der Waals surface area contributed by atoms with Gasteiger partial charge in [-0.25, -0.2) is 0 Å². The third-order valence-electron chi connectivity index (χ3n) is 3.25. The van der Waals surface area contributed by atoms with E-state index in [0.29, 0.717) is 0 Å². The van der Waals surface area contributed by atoms with E-state index in [1.165, 1.54) is 24.5 Å². The van der Waals surface area contributed by atoms with Crippen LogP contribution in [0.25, 0.3) is 0 Å². The fraction of sp³-hybridized carbons (Fsp3) is 0.500. The van der Waals surface area contributed by atoms with Gasteiger partial charge in [0.2, 0.25) is 0 Å². The Balaban J connectivity index is 1.57. The molecule has 2 aliphatic rings. The van der Waals surface area contributed by atoms with Gasteiger partial charge in [0.25, 0.3) is 0 Å². The maximum atomic E-state index is 3.64. The predicted molar refractivity (Wildman–Crippen MR) is 62.0 cm³/mol. The molecule has 1 heterocycles. The second-order valence-electron chi connectivity index (χ2n) is 4.24. The maximum absolute atomic E-state index is 3.64. The Morgan fingerprint density at radius 3 is 2.86 bits per heavy atom. The van der Waals surface area contributed by atoms with Crippen molar-refractivity contribution >= 4 is 11.8 Å². The minimum absolute atomic E-state index is 0.789. The van der Waals surface area contributed by atoms with E-state index >= 15 is 0 Å². The van der Waals surface area contributed by atoms with Crippen LogP contribution >= 0.6 is 11.8 Å². The molecule has 1 N–H and O–H groups in total. The molecular formula is C12H15NS. The lowest BCUT2D eigenvalue weighted by atomic mass is 9.77. The van der Waals surface area contributed by atoms with Crippen LogP contribution in [0, 0.1) is 0 Å². The smallest absolute Gasteiger partial charge is 0.0249 e. The minimum atomic E-state index is 0.789. The van der Waals surface area contributed by atoms with E-state index < -0.39 is 0 Å². The van der Waals surface area contributed by atoms with E-state index in [9.17, 15) is 0 Å². The molecule has 1 saturated heterocycles. The summed E-state index contributed by atoms with van der Waals surface area (Å²) in [4.78, 5) is 0. The van der Waals surface area contributed by atoms with E-state index in [1.807, 2.05) is 11.8 Å². The highest BCUT2D eigenvalue weighted by Gasteiger charge is 2.26. The van der Waals surface area contributed by atoms with Crippen LogP contribution in [0.2, 0.25) is 0 Å². The zero-order valence-corrected chi connectivity index (χ0v) is 9.02. The van der Waals surface area contributed by atoms with Crippen LogP contribution in [0.5, 0.6) is 0 Å². The van der Waals surface area contributed by atoms with E-state index in [2.05, 4.69) is 29.6 Å². The molecule has 0 saturated carbocycles. The SMILES string of the molecule is c1ccc2c(c1)CC2CNC1CSC1. The summed E-state index contributed by atoms with van der Waals surface area (Å²) in [5.41, 5.74) is 3.13. The second-order valence-corrected chi connectivity index (χ2v) is 5.32. The van der Waals surface area contributed by atoms with E-state index in [0.717, 1.165) is 12.0 Å². The van der Waals surface area contributed by atoms with E-state index in [4.69, 9.17) is 0 Å². The van der Waals surface area contributed by atoms with Crippen molar-refractivity contribution in [3.8, 4) is 0 Å². The van der Waals surface area contributed by atoms with E-state index in [-0.39, 0.29) is 0 Å². The highest BCUT2D eigenvalue weighted by molar-refractivity contribution is 8.00. The van der Waals surface area contributed by atoms with Gasteiger partial charge in [0.15, 0.2) is 0 Å². The highest BCUT2D eigenvalue weighted by atomic mass is 32.2. The molecule has 3 rings (SSSR count). The zero-order chi connectivity index (χ0) is 9.38. The molecule has 74 valence electrons. The molecule has 1 aromatic rings. The molecule has 1 aliphatic heterocycles. The Kier molecular flexibility index (Phi) is 2.26. The molecule has 2 heteroatoms. The van der Waals surface area contributed by atoms with Crippen LogP contribution in [0.1, 0.15) is 17.0 Å². The topological polar surface area (TPSA) is 12.0 Å². The summed E-state index contributed by atoms with van der Waals surface area (Å²) in [5, 5.41) is 3.64. The monoisotopic (exact) mass is 205 g/mol. The zero-order valence-electron chi connectivity index (χ0n) is 8.20. The van der Waals surface area contributed by atoms with Crippen LogP contribution in [-0.2, 0) is 6.42 Å². The maximum Gasteiger partial charge on any atom is 0.0249 e. The third kappa shape index (κ3) is 1.47. The molecule has 1 aliphatic carbocycles. The predicted octanol–water partition coefficient (Wildman–Crippen LogP) is 2.03. The first-order valence-corrected chi connectivity index (χ1v) is 6.48. The molecule has 1 aromatic carbocycles. The van der Waals surface area contributed by atoms with Crippen molar-refractivity contribution in [1.29, 1.82) is 0 Å². The lowest BCUT2D eigenvalue weighted by Gasteiger charge is -2.34. The Hall–Kier alpha value is -0.470. The number of hydrogen-bond acceptors (Lipinski definition) is 2. The molecule has 1 fully saturated rings. The minimum Gasteiger partial charge on any atom is -0.312 e. The Labute approximate surface area is 89.3 Å². The number of thioether (sulfide) groups is 1. The van der Waals surface area contributed by atoms with Crippen molar-refractivity contribution in [1.82, 2.24) is 5.32 Å². The van der Waals surface area contributed by atoms with Crippen molar-refractivity contribution in [2.45, 2.75) is 18.4 Å². The van der Waals surface area contributed by atoms with E-state index in [1.54, 1.807) is 11.1 Å². The molecule has 1 atom stereocenters. The number of nitrogens with one attached hydrogen (secondary N) is 1. The van der Waals surface area contributed by atoms with Gasteiger partial charge in [0, 0.05) is 30.0 Å². The molecule has 0 radical (unpaired) electrons. The van der Waals surface area contributed by atoms with Gasteiger partial charge >= 0.3 is 0 Å². The standard InChI is InChI=1S/C12H15NS/c1-2-4-12-9(3-1)5-10(12)6-13-11-7-14-8-11/h1-4,10-11,13H,5-8H2. The molecule has 1 nitrogen and oxygen atoms in total. The van der Waals surface area contributed by atoms with Gasteiger partial charge in [-0.05, 0) is 17.5 Å². The summed E-state index contributed by atoms with van der Waals surface area (Å²) in [6.45, 7) is 1.18. The summed E-state index contributed by atoms with van der Waals surface area (Å²) < 4.78 is 0. The first kappa shape index (κ1) is 8.81. The summed E-state index contributed by atoms with van der Waals surface area (Å²) in [6, 6.07) is 9.63. The average molecular weight is 205 g/mol. The second kappa shape index (κ2) is 3.59. The van der Waals surface area contributed by atoms with Gasteiger partial charge in [-0.3, -0.25) is 0 Å². The van der Waals surface area contributed by atoms with Crippen molar-refractivity contribution in [3.05, 3.63) is 35.4 Å². The van der Waals surface area contributed by atoms with Crippen molar-refractivity contribution in [2.24, 2.45) is 0 Å². The largest absolute Gasteiger partial charge is 0.312 e. The molecule has 0 bridgehead atoms. The van der Waals surface area contributed by atoms with Crippen molar-refractivity contribution in [3.63, 3.8) is 0 Å². The first-order valence-electron chi connectivity index (χ1n) is 5.32. The number of benzene rings is 1. The Bertz CT molecular complexity index is 333. The lowest BCUT2D eigenvalue weighted by Crippen LogP contribution is -2.43.